The van der Waals surface area contributed by atoms with Crippen LogP contribution in [-0.2, 0) is 17.5 Å². The van der Waals surface area contributed by atoms with Gasteiger partial charge < -0.3 is 15.4 Å². The molecule has 0 aliphatic rings. The van der Waals surface area contributed by atoms with Crippen molar-refractivity contribution in [3.8, 4) is 5.75 Å². The van der Waals surface area contributed by atoms with Gasteiger partial charge >= 0.3 is 12.1 Å². The van der Waals surface area contributed by atoms with Crippen LogP contribution in [0.4, 0.5) is 18.9 Å². The van der Waals surface area contributed by atoms with E-state index >= 15 is 0 Å². The third-order valence-electron chi connectivity index (χ3n) is 4.50. The molecule has 2 N–H and O–H groups in total. The molecule has 0 saturated carbocycles. The van der Waals surface area contributed by atoms with E-state index in [2.05, 4.69) is 10.6 Å². The van der Waals surface area contributed by atoms with E-state index < -0.39 is 23.6 Å². The minimum absolute atomic E-state index is 0.0929. The zero-order chi connectivity index (χ0) is 24.0. The summed E-state index contributed by atoms with van der Waals surface area (Å²) in [5, 5.41) is 5.35. The van der Waals surface area contributed by atoms with Crippen LogP contribution in [0.15, 0.2) is 72.8 Å². The number of hydrogen-bond acceptors (Lipinski definition) is 4. The summed E-state index contributed by atoms with van der Waals surface area (Å²) >= 11 is 0. The first-order chi connectivity index (χ1) is 15.6. The highest BCUT2D eigenvalue weighted by Gasteiger charge is 2.30. The van der Waals surface area contributed by atoms with Gasteiger partial charge in [0.15, 0.2) is 0 Å². The van der Waals surface area contributed by atoms with Gasteiger partial charge in [0, 0.05) is 30.3 Å². The predicted molar refractivity (Wildman–Crippen MR) is 115 cm³/mol. The fraction of sp³-hybridized carbons (Fsp3) is 0.125. The van der Waals surface area contributed by atoms with Crippen LogP contribution in [0.1, 0.15) is 38.8 Å². The van der Waals surface area contributed by atoms with Crippen LogP contribution in [0, 0.1) is 0 Å². The predicted octanol–water partition coefficient (Wildman–Crippen LogP) is 4.81. The summed E-state index contributed by atoms with van der Waals surface area (Å²) in [6.07, 6.45) is -4.47. The number of rotatable bonds is 6. The van der Waals surface area contributed by atoms with E-state index in [1.807, 2.05) is 0 Å². The van der Waals surface area contributed by atoms with Gasteiger partial charge in [-0.3, -0.25) is 14.4 Å². The number of carbonyl (C=O) groups excluding carboxylic acids is 3. The number of amides is 2. The second-order valence-electron chi connectivity index (χ2n) is 7.03. The zero-order valence-electron chi connectivity index (χ0n) is 17.4. The molecule has 0 aliphatic carbocycles. The monoisotopic (exact) mass is 456 g/mol. The fourth-order valence-corrected chi connectivity index (χ4v) is 2.87. The Hall–Kier alpha value is -4.14. The van der Waals surface area contributed by atoms with E-state index in [1.165, 1.54) is 13.0 Å². The Labute approximate surface area is 187 Å². The third-order valence-corrected chi connectivity index (χ3v) is 4.50. The number of nitrogens with one attached hydrogen (secondary N) is 2. The summed E-state index contributed by atoms with van der Waals surface area (Å²) in [5.74, 6) is -1.12. The van der Waals surface area contributed by atoms with Crippen LogP contribution >= 0.6 is 0 Å². The molecule has 3 rings (SSSR count). The average Bonchev–Trinajstić information content (AvgIpc) is 2.77. The van der Waals surface area contributed by atoms with Crippen LogP contribution in [0.3, 0.4) is 0 Å². The Morgan fingerprint density at radius 2 is 1.52 bits per heavy atom. The van der Waals surface area contributed by atoms with Gasteiger partial charge in [-0.15, -0.1) is 0 Å². The van der Waals surface area contributed by atoms with Crippen molar-refractivity contribution in [1.82, 2.24) is 5.32 Å². The molecule has 0 fully saturated rings. The van der Waals surface area contributed by atoms with Crippen molar-refractivity contribution in [3.63, 3.8) is 0 Å². The van der Waals surface area contributed by atoms with Crippen molar-refractivity contribution in [2.75, 3.05) is 5.32 Å². The standard InChI is InChI=1S/C24H19F3N2O4/c1-15(30)33-21-4-2-3-18(13-21)22(31)28-14-16-5-11-20(12-6-16)29-23(32)17-7-9-19(10-8-17)24(25,26)27/h2-13H,14H2,1H3,(H,28,31)(H,29,32). The van der Waals surface area contributed by atoms with Crippen molar-refractivity contribution in [1.29, 1.82) is 0 Å². The highest BCUT2D eigenvalue weighted by molar-refractivity contribution is 6.04. The van der Waals surface area contributed by atoms with Crippen LogP contribution in [0.25, 0.3) is 0 Å². The Balaban J connectivity index is 1.55. The summed E-state index contributed by atoms with van der Waals surface area (Å²) in [7, 11) is 0. The van der Waals surface area contributed by atoms with Gasteiger partial charge in [-0.05, 0) is 60.2 Å². The summed E-state index contributed by atoms with van der Waals surface area (Å²) in [5.41, 5.74) is 0.795. The first-order valence-electron chi connectivity index (χ1n) is 9.76. The lowest BCUT2D eigenvalue weighted by atomic mass is 10.1. The molecule has 3 aromatic carbocycles. The van der Waals surface area contributed by atoms with E-state index in [9.17, 15) is 27.6 Å². The van der Waals surface area contributed by atoms with Gasteiger partial charge in [-0.1, -0.05) is 18.2 Å². The summed E-state index contributed by atoms with van der Waals surface area (Å²) < 4.78 is 42.9. The Morgan fingerprint density at radius 1 is 0.848 bits per heavy atom. The molecule has 6 nitrogen and oxygen atoms in total. The molecule has 9 heteroatoms. The molecular formula is C24H19F3N2O4. The van der Waals surface area contributed by atoms with Crippen molar-refractivity contribution in [2.45, 2.75) is 19.6 Å². The number of alkyl halides is 3. The molecule has 0 heterocycles. The van der Waals surface area contributed by atoms with E-state index in [4.69, 9.17) is 4.74 Å². The van der Waals surface area contributed by atoms with Gasteiger partial charge in [-0.25, -0.2) is 0 Å². The smallest absolute Gasteiger partial charge is 0.416 e. The Bertz CT molecular complexity index is 1160. The minimum Gasteiger partial charge on any atom is -0.427 e. The molecule has 0 atom stereocenters. The van der Waals surface area contributed by atoms with Crippen molar-refractivity contribution >= 4 is 23.5 Å². The largest absolute Gasteiger partial charge is 0.427 e. The van der Waals surface area contributed by atoms with Crippen LogP contribution in [0.2, 0.25) is 0 Å². The molecule has 0 bridgehead atoms. The molecule has 0 aliphatic heterocycles. The number of esters is 1. The normalized spacial score (nSPS) is 10.9. The topological polar surface area (TPSA) is 84.5 Å². The maximum atomic E-state index is 12.6. The van der Waals surface area contributed by atoms with Crippen LogP contribution in [0.5, 0.6) is 5.75 Å². The first-order valence-corrected chi connectivity index (χ1v) is 9.76. The highest BCUT2D eigenvalue weighted by Crippen LogP contribution is 2.29. The summed E-state index contributed by atoms with van der Waals surface area (Å²) in [6, 6.07) is 16.7. The SMILES string of the molecule is CC(=O)Oc1cccc(C(=O)NCc2ccc(NC(=O)c3ccc(C(F)(F)F)cc3)cc2)c1. The molecule has 170 valence electrons. The molecular weight excluding hydrogens is 437 g/mol. The molecule has 33 heavy (non-hydrogen) atoms. The summed E-state index contributed by atoms with van der Waals surface area (Å²) in [4.78, 5) is 35.6. The number of halogens is 3. The van der Waals surface area contributed by atoms with Gasteiger partial charge in [0.2, 0.25) is 0 Å². The van der Waals surface area contributed by atoms with E-state index in [-0.39, 0.29) is 23.8 Å². The quantitative estimate of drug-likeness (QED) is 0.412. The van der Waals surface area contributed by atoms with Crippen molar-refractivity contribution < 1.29 is 32.3 Å². The average molecular weight is 456 g/mol. The Morgan fingerprint density at radius 3 is 2.12 bits per heavy atom. The maximum Gasteiger partial charge on any atom is 0.416 e. The van der Waals surface area contributed by atoms with Gasteiger partial charge in [-0.2, -0.15) is 13.2 Å². The second-order valence-corrected chi connectivity index (χ2v) is 7.03. The van der Waals surface area contributed by atoms with Crippen LogP contribution in [-0.4, -0.2) is 17.8 Å². The summed E-state index contributed by atoms with van der Waals surface area (Å²) in [6.45, 7) is 1.48. The van der Waals surface area contributed by atoms with Crippen molar-refractivity contribution in [2.24, 2.45) is 0 Å². The Kier molecular flexibility index (Phi) is 7.12. The molecule has 2 amide bonds. The van der Waals surface area contributed by atoms with Gasteiger partial charge in [0.05, 0.1) is 5.56 Å². The maximum absolute atomic E-state index is 12.6. The third kappa shape index (κ3) is 6.67. The first kappa shape index (κ1) is 23.5. The molecule has 0 aromatic heterocycles. The van der Waals surface area contributed by atoms with Gasteiger partial charge in [0.1, 0.15) is 5.75 Å². The number of hydrogen-bond donors (Lipinski definition) is 2. The number of benzene rings is 3. The number of carbonyl (C=O) groups is 3. The number of anilines is 1. The fourth-order valence-electron chi connectivity index (χ4n) is 2.87. The molecule has 0 saturated heterocycles. The van der Waals surface area contributed by atoms with Crippen molar-refractivity contribution in [3.05, 3.63) is 95.1 Å². The molecule has 0 spiro atoms. The molecule has 0 radical (unpaired) electrons. The van der Waals surface area contributed by atoms with Gasteiger partial charge in [0.25, 0.3) is 11.8 Å². The number of ether oxygens (including phenoxy) is 1. The highest BCUT2D eigenvalue weighted by atomic mass is 19.4. The van der Waals surface area contributed by atoms with Crippen LogP contribution < -0.4 is 15.4 Å². The molecule has 3 aromatic rings. The second kappa shape index (κ2) is 9.99. The minimum atomic E-state index is -4.47. The van der Waals surface area contributed by atoms with E-state index in [0.29, 0.717) is 11.3 Å². The van der Waals surface area contributed by atoms with E-state index in [1.54, 1.807) is 42.5 Å². The zero-order valence-corrected chi connectivity index (χ0v) is 17.4. The van der Waals surface area contributed by atoms with E-state index in [0.717, 1.165) is 29.8 Å². The lowest BCUT2D eigenvalue weighted by Crippen LogP contribution is -2.22. The lowest BCUT2D eigenvalue weighted by Gasteiger charge is -2.10. The molecule has 0 unspecified atom stereocenters. The lowest BCUT2D eigenvalue weighted by molar-refractivity contribution is -0.137.